The third-order valence-corrected chi connectivity index (χ3v) is 8.15. The van der Waals surface area contributed by atoms with E-state index in [-0.39, 0.29) is 12.0 Å². The van der Waals surface area contributed by atoms with Gasteiger partial charge in [-0.2, -0.15) is 0 Å². The molecule has 1 saturated heterocycles. The van der Waals surface area contributed by atoms with Gasteiger partial charge in [-0.1, -0.05) is 74.7 Å². The number of piperidine rings is 1. The number of hydrogen-bond donors (Lipinski definition) is 2. The van der Waals surface area contributed by atoms with Crippen molar-refractivity contribution in [1.82, 2.24) is 4.98 Å². The van der Waals surface area contributed by atoms with E-state index < -0.39 is 5.60 Å². The molecular formula is C30H39N2O3+. The van der Waals surface area contributed by atoms with E-state index in [4.69, 9.17) is 9.15 Å². The zero-order chi connectivity index (χ0) is 24.1. The fourth-order valence-electron chi connectivity index (χ4n) is 6.13. The number of hydrogen-bond acceptors (Lipinski definition) is 4. The highest BCUT2D eigenvalue weighted by atomic mass is 16.5. The topological polar surface area (TPSA) is 59.9 Å². The van der Waals surface area contributed by atoms with Gasteiger partial charge in [0, 0.05) is 18.3 Å². The summed E-state index contributed by atoms with van der Waals surface area (Å²) >= 11 is 0. The first-order valence-electron chi connectivity index (χ1n) is 13.4. The predicted molar refractivity (Wildman–Crippen MR) is 136 cm³/mol. The number of aliphatic hydroxyl groups is 1. The molecule has 186 valence electrons. The summed E-state index contributed by atoms with van der Waals surface area (Å²) in [6.07, 6.45) is 9.81. The van der Waals surface area contributed by atoms with Crippen LogP contribution in [0, 0.1) is 11.8 Å². The van der Waals surface area contributed by atoms with Gasteiger partial charge in [-0.3, -0.25) is 0 Å². The van der Waals surface area contributed by atoms with Gasteiger partial charge >= 0.3 is 0 Å². The van der Waals surface area contributed by atoms with Gasteiger partial charge < -0.3 is 19.2 Å². The fourth-order valence-corrected chi connectivity index (χ4v) is 6.13. The van der Waals surface area contributed by atoms with Crippen LogP contribution in [0.1, 0.15) is 69.1 Å². The average molecular weight is 476 g/mol. The standard InChI is InChI=1S/C30H38N2O3/c1-2-23-18-19-32(22-28(23)34-26-16-10-5-11-17-26)21-27-20-31-29(35-27)30(33,24-12-6-3-7-13-24)25-14-8-4-9-15-25/h3,5-7,10-13,16-17,20,23,25,28,33H,2,4,8-9,14-15,18-19,21-22H2,1H3/p+1. The molecule has 2 aromatic carbocycles. The number of aromatic nitrogens is 1. The van der Waals surface area contributed by atoms with Crippen molar-refractivity contribution < 1.29 is 19.2 Å². The highest BCUT2D eigenvalue weighted by Crippen LogP contribution is 2.43. The summed E-state index contributed by atoms with van der Waals surface area (Å²) in [7, 11) is 0. The second kappa shape index (κ2) is 11.0. The molecule has 0 bridgehead atoms. The molecule has 0 spiro atoms. The number of para-hydroxylation sites is 1. The second-order valence-corrected chi connectivity index (χ2v) is 10.4. The monoisotopic (exact) mass is 475 g/mol. The van der Waals surface area contributed by atoms with Gasteiger partial charge in [0.1, 0.15) is 18.8 Å². The van der Waals surface area contributed by atoms with Crippen LogP contribution in [0.4, 0.5) is 0 Å². The van der Waals surface area contributed by atoms with E-state index in [0.717, 1.165) is 75.2 Å². The lowest BCUT2D eigenvalue weighted by atomic mass is 9.73. The van der Waals surface area contributed by atoms with Gasteiger partial charge in [0.15, 0.2) is 17.5 Å². The summed E-state index contributed by atoms with van der Waals surface area (Å²) in [5.41, 5.74) is -0.295. The largest absolute Gasteiger partial charge is 0.484 e. The molecule has 1 aromatic heterocycles. The zero-order valence-corrected chi connectivity index (χ0v) is 20.9. The normalized spacial score (nSPS) is 25.1. The van der Waals surface area contributed by atoms with E-state index in [2.05, 4.69) is 11.9 Å². The van der Waals surface area contributed by atoms with Gasteiger partial charge in [-0.25, -0.2) is 4.98 Å². The molecule has 1 aliphatic carbocycles. The molecule has 2 aliphatic rings. The summed E-state index contributed by atoms with van der Waals surface area (Å²) in [6, 6.07) is 20.1. The van der Waals surface area contributed by atoms with Crippen molar-refractivity contribution in [1.29, 1.82) is 0 Å². The van der Waals surface area contributed by atoms with Crippen LogP contribution < -0.4 is 9.64 Å². The van der Waals surface area contributed by atoms with Crippen molar-refractivity contribution in [2.45, 2.75) is 70.1 Å². The molecule has 4 unspecified atom stereocenters. The van der Waals surface area contributed by atoms with Crippen molar-refractivity contribution in [3.63, 3.8) is 0 Å². The Hall–Kier alpha value is -2.63. The van der Waals surface area contributed by atoms with Gasteiger partial charge in [-0.05, 0) is 37.0 Å². The van der Waals surface area contributed by atoms with Crippen LogP contribution in [0.15, 0.2) is 71.3 Å². The van der Waals surface area contributed by atoms with E-state index in [1.807, 2.05) is 66.9 Å². The number of rotatable bonds is 8. The molecule has 1 aliphatic heterocycles. The molecule has 5 nitrogen and oxygen atoms in total. The van der Waals surface area contributed by atoms with Gasteiger partial charge in [0.2, 0.25) is 5.89 Å². The summed E-state index contributed by atoms with van der Waals surface area (Å²) < 4.78 is 12.8. The molecule has 3 aromatic rings. The Morgan fingerprint density at radius 2 is 1.71 bits per heavy atom. The smallest absolute Gasteiger partial charge is 0.231 e. The lowest BCUT2D eigenvalue weighted by Gasteiger charge is -2.36. The first kappa shape index (κ1) is 24.1. The Balaban J connectivity index is 1.32. The van der Waals surface area contributed by atoms with Crippen LogP contribution in [-0.2, 0) is 12.1 Å². The third kappa shape index (κ3) is 5.31. The van der Waals surface area contributed by atoms with Crippen molar-refractivity contribution in [3.8, 4) is 5.75 Å². The highest BCUT2D eigenvalue weighted by molar-refractivity contribution is 5.30. The average Bonchev–Trinajstić information content (AvgIpc) is 3.39. The number of ether oxygens (including phenoxy) is 1. The lowest BCUT2D eigenvalue weighted by Crippen LogP contribution is -3.13. The Kier molecular flexibility index (Phi) is 7.54. The highest BCUT2D eigenvalue weighted by Gasteiger charge is 2.45. The zero-order valence-electron chi connectivity index (χ0n) is 20.9. The van der Waals surface area contributed by atoms with Crippen LogP contribution in [0.25, 0.3) is 0 Å². The first-order valence-corrected chi connectivity index (χ1v) is 13.4. The molecule has 5 heteroatoms. The molecule has 0 radical (unpaired) electrons. The van der Waals surface area contributed by atoms with E-state index in [9.17, 15) is 5.11 Å². The van der Waals surface area contributed by atoms with Gasteiger partial charge in [-0.15, -0.1) is 0 Å². The molecule has 1 saturated carbocycles. The molecule has 4 atom stereocenters. The maximum atomic E-state index is 12.1. The van der Waals surface area contributed by atoms with Gasteiger partial charge in [0.05, 0.1) is 12.7 Å². The molecular weight excluding hydrogens is 436 g/mol. The third-order valence-electron chi connectivity index (χ3n) is 8.15. The Morgan fingerprint density at radius 3 is 2.43 bits per heavy atom. The molecule has 2 fully saturated rings. The SMILES string of the molecule is CCC1CC[NH+](Cc2cnc(C(O)(c3ccccc3)C3CCCCC3)o2)CC1Oc1ccccc1. The second-order valence-electron chi connectivity index (χ2n) is 10.4. The quantitative estimate of drug-likeness (QED) is 0.494. The molecule has 5 rings (SSSR count). The van der Waals surface area contributed by atoms with Crippen LogP contribution >= 0.6 is 0 Å². The summed E-state index contributed by atoms with van der Waals surface area (Å²) in [5.74, 6) is 2.93. The number of benzene rings is 2. The first-order chi connectivity index (χ1) is 17.2. The molecule has 0 amide bonds. The van der Waals surface area contributed by atoms with Crippen LogP contribution in [0.3, 0.4) is 0 Å². The van der Waals surface area contributed by atoms with Crippen molar-refractivity contribution in [2.75, 3.05) is 13.1 Å². The molecule has 2 heterocycles. The number of nitrogens with one attached hydrogen (secondary N) is 1. The van der Waals surface area contributed by atoms with Crippen molar-refractivity contribution in [2.24, 2.45) is 11.8 Å². The number of quaternary nitrogens is 1. The van der Waals surface area contributed by atoms with E-state index >= 15 is 0 Å². The predicted octanol–water partition coefficient (Wildman–Crippen LogP) is 4.75. The Bertz CT molecular complexity index is 1050. The van der Waals surface area contributed by atoms with Crippen molar-refractivity contribution in [3.05, 3.63) is 84.1 Å². The van der Waals surface area contributed by atoms with E-state index in [1.165, 1.54) is 11.3 Å². The number of likely N-dealkylation sites (tertiary alicyclic amines) is 1. The van der Waals surface area contributed by atoms with Crippen molar-refractivity contribution >= 4 is 0 Å². The van der Waals surface area contributed by atoms with Crippen LogP contribution in [0.5, 0.6) is 5.75 Å². The fraction of sp³-hybridized carbons (Fsp3) is 0.500. The molecule has 2 N–H and O–H groups in total. The van der Waals surface area contributed by atoms with Crippen LogP contribution in [-0.4, -0.2) is 29.3 Å². The minimum absolute atomic E-state index is 0.126. The summed E-state index contributed by atoms with van der Waals surface area (Å²) in [5, 5.41) is 12.1. The lowest BCUT2D eigenvalue weighted by molar-refractivity contribution is -0.923. The maximum Gasteiger partial charge on any atom is 0.231 e. The summed E-state index contributed by atoms with van der Waals surface area (Å²) in [4.78, 5) is 6.11. The van der Waals surface area contributed by atoms with E-state index in [0.29, 0.717) is 11.8 Å². The van der Waals surface area contributed by atoms with Gasteiger partial charge in [0.25, 0.3) is 0 Å². The molecule has 35 heavy (non-hydrogen) atoms. The Labute approximate surface area is 209 Å². The maximum absolute atomic E-state index is 12.1. The number of nitrogens with zero attached hydrogens (tertiary/aromatic N) is 1. The Morgan fingerprint density at radius 1 is 1.00 bits per heavy atom. The minimum Gasteiger partial charge on any atom is -0.484 e. The number of oxazole rings is 1. The minimum atomic E-state index is -1.18. The van der Waals surface area contributed by atoms with E-state index in [1.54, 1.807) is 0 Å². The summed E-state index contributed by atoms with van der Waals surface area (Å²) in [6.45, 7) is 5.05. The van der Waals surface area contributed by atoms with Crippen LogP contribution in [0.2, 0.25) is 0 Å².